The molecule has 1 fully saturated rings. The summed E-state index contributed by atoms with van der Waals surface area (Å²) in [5.74, 6) is -13.4. The molecular weight excluding hydrogens is 769 g/mol. The van der Waals surface area contributed by atoms with E-state index in [0.717, 1.165) is 24.3 Å². The van der Waals surface area contributed by atoms with Gasteiger partial charge in [0.15, 0.2) is 10.8 Å². The fourth-order valence-corrected chi connectivity index (χ4v) is 7.66. The van der Waals surface area contributed by atoms with Gasteiger partial charge < -0.3 is 21.1 Å². The number of alkyl halides is 6. The summed E-state index contributed by atoms with van der Waals surface area (Å²) in [5, 5.41) is 9.47. The highest BCUT2D eigenvalue weighted by Gasteiger charge is 2.55. The number of halogens is 9. The molecule has 3 aromatic heterocycles. The van der Waals surface area contributed by atoms with Gasteiger partial charge in [-0.05, 0) is 54.3 Å². The fraction of sp³-hybridized carbons (Fsp3) is 0.343. The highest BCUT2D eigenvalue weighted by Crippen LogP contribution is 2.52. The molecule has 2 amide bonds. The highest BCUT2D eigenvalue weighted by atomic mass is 32.1. The lowest BCUT2D eigenvalue weighted by molar-refractivity contribution is -0.123. The number of nitrogens with zero attached hydrogens (tertiary/aromatic N) is 4. The van der Waals surface area contributed by atoms with Crippen molar-refractivity contribution in [1.29, 1.82) is 0 Å². The predicted molar refractivity (Wildman–Crippen MR) is 179 cm³/mol. The molecule has 2 aromatic carbocycles. The van der Waals surface area contributed by atoms with Crippen LogP contribution in [0.1, 0.15) is 70.3 Å². The van der Waals surface area contributed by atoms with Crippen molar-refractivity contribution in [3.05, 3.63) is 93.7 Å². The van der Waals surface area contributed by atoms with Crippen LogP contribution >= 0.6 is 11.3 Å². The van der Waals surface area contributed by atoms with Crippen LogP contribution in [0.3, 0.4) is 0 Å². The number of carbonyl (C=O) groups excluding carboxylic acids is 2. The zero-order valence-corrected chi connectivity index (χ0v) is 28.9. The molecule has 290 valence electrons. The molecule has 1 aliphatic heterocycles. The Morgan fingerprint density at radius 3 is 2.38 bits per heavy atom. The Morgan fingerprint density at radius 1 is 0.982 bits per heavy atom. The molecule has 1 aliphatic carbocycles. The van der Waals surface area contributed by atoms with Gasteiger partial charge in [0.05, 0.1) is 40.2 Å². The van der Waals surface area contributed by atoms with Crippen LogP contribution in [0.5, 0.6) is 0 Å². The number of hydrogen-bond donors (Lipinski definition) is 3. The van der Waals surface area contributed by atoms with E-state index in [2.05, 4.69) is 25.7 Å². The van der Waals surface area contributed by atoms with Crippen LogP contribution in [0.4, 0.5) is 44.6 Å². The summed E-state index contributed by atoms with van der Waals surface area (Å²) in [6.07, 6.45) is -6.29. The van der Waals surface area contributed by atoms with E-state index in [9.17, 15) is 40.3 Å². The quantitative estimate of drug-likeness (QED) is 0.120. The van der Waals surface area contributed by atoms with Crippen LogP contribution in [-0.4, -0.2) is 50.8 Å². The first kappa shape index (κ1) is 38.1. The fourth-order valence-electron chi connectivity index (χ4n) is 6.73. The molecule has 4 heterocycles. The van der Waals surface area contributed by atoms with Gasteiger partial charge in [-0.3, -0.25) is 14.3 Å². The summed E-state index contributed by atoms with van der Waals surface area (Å²) in [5.41, 5.74) is 0.338. The monoisotopic (exact) mass is 797 g/mol. The topological polar surface area (TPSA) is 137 Å². The Balaban J connectivity index is 1.35. The molecule has 5 aromatic rings. The maximum absolute atomic E-state index is 15.1. The Morgan fingerprint density at radius 2 is 1.71 bits per heavy atom. The first-order valence-electron chi connectivity index (χ1n) is 16.6. The van der Waals surface area contributed by atoms with E-state index in [1.54, 1.807) is 6.07 Å². The van der Waals surface area contributed by atoms with Crippen LogP contribution in [0.15, 0.2) is 42.5 Å². The number of aromatic nitrogens is 4. The van der Waals surface area contributed by atoms with Crippen LogP contribution in [-0.2, 0) is 34.3 Å². The molecule has 20 heteroatoms. The van der Waals surface area contributed by atoms with Crippen molar-refractivity contribution >= 4 is 38.6 Å². The number of nitrogens with one attached hydrogen (secondary N) is 2. The van der Waals surface area contributed by atoms with E-state index in [1.807, 2.05) is 0 Å². The van der Waals surface area contributed by atoms with Crippen molar-refractivity contribution < 1.29 is 53.8 Å². The lowest BCUT2D eigenvalue weighted by Crippen LogP contribution is -2.37. The smallest absolute Gasteiger partial charge is 0.290 e. The van der Waals surface area contributed by atoms with Crippen molar-refractivity contribution in [3.63, 3.8) is 0 Å². The average Bonchev–Trinajstić information content (AvgIpc) is 3.85. The number of pyridine rings is 1. The van der Waals surface area contributed by atoms with Crippen molar-refractivity contribution in [1.82, 2.24) is 25.1 Å². The van der Waals surface area contributed by atoms with Crippen LogP contribution in [0, 0.1) is 17.5 Å². The second-order valence-electron chi connectivity index (χ2n) is 13.1. The molecule has 2 aliphatic rings. The van der Waals surface area contributed by atoms with Gasteiger partial charge in [-0.15, -0.1) is 0 Å². The van der Waals surface area contributed by atoms with Crippen molar-refractivity contribution in [2.24, 2.45) is 5.73 Å². The number of thiazole rings is 1. The largest absolute Gasteiger partial charge is 0.379 e. The van der Waals surface area contributed by atoms with Crippen LogP contribution in [0.25, 0.3) is 21.5 Å². The molecule has 2 unspecified atom stereocenters. The Hall–Kier alpha value is -5.24. The number of primary amides is 1. The number of amides is 2. The standard InChI is InChI=1S/C35H28F9N7O3S/c36-17-7-15(8-18(37)11-17)9-23(47-25(52)13-51-29-26(28(50-51)30(39)40)34(41,42)4-5-35(29,43)44)27-20(16-1-2-22(38)21(10-16)31(45)53)12-24-32(48-27)49-33(55-24)46-19-3-6-54-14-19/h1-2,7-8,10-12,19,23,30H,3-6,9,13-14H2,(H2,45,53)(H,47,52)(H,46,48,49). The average molecular weight is 798 g/mol. The number of hydrogen-bond acceptors (Lipinski definition) is 8. The number of rotatable bonds is 11. The normalized spacial score (nSPS) is 18.0. The van der Waals surface area contributed by atoms with E-state index in [0.29, 0.717) is 35.5 Å². The van der Waals surface area contributed by atoms with Crippen molar-refractivity contribution in [3.8, 4) is 11.1 Å². The molecule has 10 nitrogen and oxygen atoms in total. The second-order valence-corrected chi connectivity index (χ2v) is 14.1. The van der Waals surface area contributed by atoms with Gasteiger partial charge in [0.2, 0.25) is 5.91 Å². The Bertz CT molecular complexity index is 2290. The van der Waals surface area contributed by atoms with Crippen molar-refractivity contribution in [2.75, 3.05) is 18.5 Å². The third-order valence-electron chi connectivity index (χ3n) is 9.18. The van der Waals surface area contributed by atoms with E-state index in [1.165, 1.54) is 17.4 Å². The maximum atomic E-state index is 15.1. The summed E-state index contributed by atoms with van der Waals surface area (Å²) in [6.45, 7) is -0.330. The molecule has 0 bridgehead atoms. The summed E-state index contributed by atoms with van der Waals surface area (Å²) >= 11 is 1.17. The molecule has 0 radical (unpaired) electrons. The van der Waals surface area contributed by atoms with Gasteiger partial charge >= 0.3 is 0 Å². The SMILES string of the molecule is NC(=O)c1cc(-c2cc3sc(NC4CCOC4)nc3nc2C(Cc2cc(F)cc(F)c2)NC(=O)Cn2nc(C(F)F)c3c2C(F)(F)CCC3(F)F)ccc1F. The third kappa shape index (κ3) is 7.69. The molecule has 0 spiro atoms. The summed E-state index contributed by atoms with van der Waals surface area (Å²) < 4.78 is 137. The minimum absolute atomic E-state index is 0.0444. The molecule has 2 atom stereocenters. The van der Waals surface area contributed by atoms with Gasteiger partial charge in [-0.25, -0.2) is 40.7 Å². The maximum Gasteiger partial charge on any atom is 0.290 e. The summed E-state index contributed by atoms with van der Waals surface area (Å²) in [7, 11) is 0. The van der Waals surface area contributed by atoms with Gasteiger partial charge in [0.1, 0.15) is 35.4 Å². The molecule has 7 rings (SSSR count). The number of nitrogens with two attached hydrogens (primary N) is 1. The van der Waals surface area contributed by atoms with Gasteiger partial charge in [0.25, 0.3) is 24.2 Å². The van der Waals surface area contributed by atoms with E-state index >= 15 is 8.78 Å². The lowest BCUT2D eigenvalue weighted by Gasteiger charge is -2.29. The van der Waals surface area contributed by atoms with Gasteiger partial charge in [-0.1, -0.05) is 17.4 Å². The van der Waals surface area contributed by atoms with Crippen molar-refractivity contribution in [2.45, 2.75) is 62.6 Å². The highest BCUT2D eigenvalue weighted by molar-refractivity contribution is 7.22. The Kier molecular flexibility index (Phi) is 9.99. The van der Waals surface area contributed by atoms with E-state index < -0.39 is 102 Å². The number of carbonyl (C=O) groups is 2. The number of anilines is 1. The molecule has 0 saturated carbocycles. The molecule has 4 N–H and O–H groups in total. The van der Waals surface area contributed by atoms with Gasteiger partial charge in [0, 0.05) is 31.1 Å². The van der Waals surface area contributed by atoms with Crippen LogP contribution in [0.2, 0.25) is 0 Å². The first-order valence-corrected chi connectivity index (χ1v) is 17.5. The third-order valence-corrected chi connectivity index (χ3v) is 10.1. The summed E-state index contributed by atoms with van der Waals surface area (Å²) in [4.78, 5) is 35.0. The zero-order valence-electron chi connectivity index (χ0n) is 28.1. The van der Waals surface area contributed by atoms with E-state index in [4.69, 9.17) is 10.5 Å². The van der Waals surface area contributed by atoms with Gasteiger partial charge in [-0.2, -0.15) is 13.9 Å². The number of ether oxygens (including phenoxy) is 1. The molecule has 55 heavy (non-hydrogen) atoms. The predicted octanol–water partition coefficient (Wildman–Crippen LogP) is 7.29. The second kappa shape index (κ2) is 14.4. The number of benzene rings is 2. The van der Waals surface area contributed by atoms with E-state index in [-0.39, 0.29) is 38.8 Å². The minimum Gasteiger partial charge on any atom is -0.379 e. The Labute approximate surface area is 308 Å². The first-order chi connectivity index (χ1) is 26.0. The van der Waals surface area contributed by atoms with Crippen LogP contribution < -0.4 is 16.4 Å². The number of fused-ring (bicyclic) bond motifs is 2. The molecule has 1 saturated heterocycles. The minimum atomic E-state index is -4.10. The lowest BCUT2D eigenvalue weighted by atomic mass is 9.89. The zero-order chi connectivity index (χ0) is 39.4. The molecular formula is C35H28F9N7O3S. The summed E-state index contributed by atoms with van der Waals surface area (Å²) in [6, 6.07) is 5.86.